The number of nitrogens with zero attached hydrogens (tertiary/aromatic N) is 3. The van der Waals surface area contributed by atoms with E-state index in [1.807, 2.05) is 32.9 Å². The number of halogens is 2. The molecule has 26 heavy (non-hydrogen) atoms. The van der Waals surface area contributed by atoms with Gasteiger partial charge < -0.3 is 20.3 Å². The molecule has 1 amide bonds. The summed E-state index contributed by atoms with van der Waals surface area (Å²) in [5, 5.41) is 1.52. The standard InChI is InChI=1S/C18H22BrClN4O2/c1-18(2,3)26-17(25)24-6-4-23(5-7-24)16-11-8-13(20)12(19)9-15(11)22-10-14(16)21/h8-10H,4-7,21H2,1-3H3. The van der Waals surface area contributed by atoms with Gasteiger partial charge >= 0.3 is 6.09 Å². The van der Waals surface area contributed by atoms with Gasteiger partial charge in [-0.2, -0.15) is 0 Å². The van der Waals surface area contributed by atoms with Crippen LogP contribution in [0.25, 0.3) is 10.9 Å². The smallest absolute Gasteiger partial charge is 0.410 e. The van der Waals surface area contributed by atoms with Gasteiger partial charge in [0.25, 0.3) is 0 Å². The summed E-state index contributed by atoms with van der Waals surface area (Å²) >= 11 is 9.70. The molecule has 0 bridgehead atoms. The van der Waals surface area contributed by atoms with E-state index in [1.165, 1.54) is 0 Å². The third kappa shape index (κ3) is 3.99. The lowest BCUT2D eigenvalue weighted by atomic mass is 10.1. The summed E-state index contributed by atoms with van der Waals surface area (Å²) in [5.41, 5.74) is 8.05. The Balaban J connectivity index is 1.83. The van der Waals surface area contributed by atoms with Crippen LogP contribution in [0.15, 0.2) is 22.8 Å². The molecule has 0 unspecified atom stereocenters. The van der Waals surface area contributed by atoms with Crippen LogP contribution < -0.4 is 10.6 Å². The van der Waals surface area contributed by atoms with Crippen molar-refractivity contribution in [1.82, 2.24) is 9.88 Å². The summed E-state index contributed by atoms with van der Waals surface area (Å²) in [6, 6.07) is 3.76. The van der Waals surface area contributed by atoms with Gasteiger partial charge in [-0.1, -0.05) is 11.6 Å². The largest absolute Gasteiger partial charge is 0.444 e. The fourth-order valence-corrected chi connectivity index (χ4v) is 3.48. The number of amides is 1. The zero-order valence-electron chi connectivity index (χ0n) is 15.1. The van der Waals surface area contributed by atoms with E-state index in [0.717, 1.165) is 21.1 Å². The normalized spacial score (nSPS) is 15.4. The van der Waals surface area contributed by atoms with Crippen LogP contribution in [-0.4, -0.2) is 47.8 Å². The molecule has 2 aromatic rings. The van der Waals surface area contributed by atoms with Crippen LogP contribution in [0.2, 0.25) is 5.02 Å². The van der Waals surface area contributed by atoms with E-state index in [4.69, 9.17) is 22.1 Å². The monoisotopic (exact) mass is 440 g/mol. The molecule has 6 nitrogen and oxygen atoms in total. The van der Waals surface area contributed by atoms with E-state index >= 15 is 0 Å². The topological polar surface area (TPSA) is 71.7 Å². The minimum atomic E-state index is -0.496. The van der Waals surface area contributed by atoms with Crippen LogP contribution in [0.4, 0.5) is 16.2 Å². The van der Waals surface area contributed by atoms with Crippen molar-refractivity contribution in [2.75, 3.05) is 36.8 Å². The van der Waals surface area contributed by atoms with Gasteiger partial charge in [-0.05, 0) is 48.8 Å². The predicted molar refractivity (Wildman–Crippen MR) is 109 cm³/mol. The molecule has 0 atom stereocenters. The number of nitrogen functional groups attached to an aromatic ring is 1. The summed E-state index contributed by atoms with van der Waals surface area (Å²) in [6.07, 6.45) is 1.38. The van der Waals surface area contributed by atoms with Crippen molar-refractivity contribution in [3.8, 4) is 0 Å². The lowest BCUT2D eigenvalue weighted by molar-refractivity contribution is 0.0241. The minimum Gasteiger partial charge on any atom is -0.444 e. The van der Waals surface area contributed by atoms with Gasteiger partial charge in [0.15, 0.2) is 0 Å². The van der Waals surface area contributed by atoms with E-state index in [2.05, 4.69) is 25.8 Å². The summed E-state index contributed by atoms with van der Waals surface area (Å²) in [4.78, 5) is 20.5. The van der Waals surface area contributed by atoms with Crippen molar-refractivity contribution >= 4 is 55.9 Å². The third-order valence-electron chi connectivity index (χ3n) is 4.16. The van der Waals surface area contributed by atoms with Crippen molar-refractivity contribution in [2.45, 2.75) is 26.4 Å². The van der Waals surface area contributed by atoms with Gasteiger partial charge in [0.1, 0.15) is 5.60 Å². The average molecular weight is 442 g/mol. The number of aromatic nitrogens is 1. The number of benzene rings is 1. The second-order valence-corrected chi connectivity index (χ2v) is 8.56. The fourth-order valence-electron chi connectivity index (χ4n) is 2.98. The Labute approximate surface area is 166 Å². The van der Waals surface area contributed by atoms with Gasteiger partial charge in [-0.3, -0.25) is 4.98 Å². The number of pyridine rings is 1. The number of hydrogen-bond acceptors (Lipinski definition) is 5. The van der Waals surface area contributed by atoms with E-state index in [1.54, 1.807) is 11.1 Å². The highest BCUT2D eigenvalue weighted by Gasteiger charge is 2.27. The van der Waals surface area contributed by atoms with Gasteiger partial charge in [0.2, 0.25) is 0 Å². The number of ether oxygens (including phenoxy) is 1. The first-order chi connectivity index (χ1) is 12.2. The molecule has 2 heterocycles. The van der Waals surface area contributed by atoms with Gasteiger partial charge in [0.05, 0.1) is 28.1 Å². The molecular formula is C18H22BrClN4O2. The predicted octanol–water partition coefficient (Wildman–Crippen LogP) is 4.29. The van der Waals surface area contributed by atoms with E-state index < -0.39 is 5.60 Å². The molecule has 1 aromatic heterocycles. The molecule has 1 fully saturated rings. The first kappa shape index (κ1) is 19.0. The number of nitrogens with two attached hydrogens (primary N) is 1. The molecule has 0 radical (unpaired) electrons. The quantitative estimate of drug-likeness (QED) is 0.715. The van der Waals surface area contributed by atoms with Crippen LogP contribution >= 0.6 is 27.5 Å². The molecule has 0 aliphatic carbocycles. The van der Waals surface area contributed by atoms with Crippen molar-refractivity contribution < 1.29 is 9.53 Å². The molecule has 1 aromatic carbocycles. The average Bonchev–Trinajstić information content (AvgIpc) is 2.55. The highest BCUT2D eigenvalue weighted by atomic mass is 79.9. The number of carbonyl (C=O) groups is 1. The summed E-state index contributed by atoms with van der Waals surface area (Å²) < 4.78 is 6.25. The Morgan fingerprint density at radius 3 is 2.54 bits per heavy atom. The summed E-state index contributed by atoms with van der Waals surface area (Å²) in [6.45, 7) is 8.07. The van der Waals surface area contributed by atoms with Gasteiger partial charge in [-0.25, -0.2) is 4.79 Å². The zero-order chi connectivity index (χ0) is 19.1. The Morgan fingerprint density at radius 2 is 1.92 bits per heavy atom. The van der Waals surface area contributed by atoms with Gasteiger partial charge in [0, 0.05) is 36.0 Å². The molecule has 0 saturated carbocycles. The highest BCUT2D eigenvalue weighted by Crippen LogP contribution is 2.36. The Hall–Kier alpha value is -1.73. The number of hydrogen-bond donors (Lipinski definition) is 1. The molecule has 140 valence electrons. The van der Waals surface area contributed by atoms with Crippen LogP contribution in [-0.2, 0) is 4.74 Å². The molecule has 2 N–H and O–H groups in total. The number of rotatable bonds is 1. The zero-order valence-corrected chi connectivity index (χ0v) is 17.4. The number of carbonyl (C=O) groups excluding carboxylic acids is 1. The number of anilines is 2. The second kappa shape index (κ2) is 7.12. The summed E-state index contributed by atoms with van der Waals surface area (Å²) in [7, 11) is 0. The minimum absolute atomic E-state index is 0.281. The Morgan fingerprint density at radius 1 is 1.27 bits per heavy atom. The number of fused-ring (bicyclic) bond motifs is 1. The van der Waals surface area contributed by atoms with Crippen LogP contribution in [0.3, 0.4) is 0 Å². The van der Waals surface area contributed by atoms with Crippen LogP contribution in [0.1, 0.15) is 20.8 Å². The molecule has 1 saturated heterocycles. The first-order valence-corrected chi connectivity index (χ1v) is 9.59. The van der Waals surface area contributed by atoms with Crippen LogP contribution in [0.5, 0.6) is 0 Å². The Bertz CT molecular complexity index is 845. The maximum Gasteiger partial charge on any atom is 0.410 e. The third-order valence-corrected chi connectivity index (χ3v) is 5.35. The molecule has 3 rings (SSSR count). The van der Waals surface area contributed by atoms with E-state index in [0.29, 0.717) is 36.9 Å². The molecular weight excluding hydrogens is 420 g/mol. The van der Waals surface area contributed by atoms with Crippen molar-refractivity contribution in [3.63, 3.8) is 0 Å². The number of piperazine rings is 1. The fraction of sp³-hybridized carbons (Fsp3) is 0.444. The van der Waals surface area contributed by atoms with Crippen LogP contribution in [0, 0.1) is 0 Å². The lowest BCUT2D eigenvalue weighted by Gasteiger charge is -2.37. The maximum absolute atomic E-state index is 12.2. The van der Waals surface area contributed by atoms with Gasteiger partial charge in [-0.15, -0.1) is 0 Å². The maximum atomic E-state index is 12.2. The van der Waals surface area contributed by atoms with Crippen molar-refractivity contribution in [2.24, 2.45) is 0 Å². The van der Waals surface area contributed by atoms with E-state index in [-0.39, 0.29) is 6.09 Å². The molecule has 0 spiro atoms. The second-order valence-electron chi connectivity index (χ2n) is 7.30. The van der Waals surface area contributed by atoms with E-state index in [9.17, 15) is 4.79 Å². The molecule has 1 aliphatic heterocycles. The summed E-state index contributed by atoms with van der Waals surface area (Å²) in [5.74, 6) is 0. The highest BCUT2D eigenvalue weighted by molar-refractivity contribution is 9.10. The van der Waals surface area contributed by atoms with Crippen molar-refractivity contribution in [1.29, 1.82) is 0 Å². The molecule has 8 heteroatoms. The molecule has 1 aliphatic rings. The lowest BCUT2D eigenvalue weighted by Crippen LogP contribution is -2.50. The Kier molecular flexibility index (Phi) is 5.21. The SMILES string of the molecule is CC(C)(C)OC(=O)N1CCN(c2c(N)cnc3cc(Br)c(Cl)cc23)CC1. The van der Waals surface area contributed by atoms with Crippen molar-refractivity contribution in [3.05, 3.63) is 27.8 Å². The first-order valence-electron chi connectivity index (χ1n) is 8.42.